The zero-order valence-electron chi connectivity index (χ0n) is 7.89. The molecule has 0 aliphatic heterocycles. The van der Waals surface area contributed by atoms with Crippen LogP contribution >= 0.6 is 23.2 Å². The Morgan fingerprint density at radius 1 is 1.47 bits per heavy atom. The Balaban J connectivity index is 3.17. The lowest BCUT2D eigenvalue weighted by atomic mass is 10.3. The maximum Gasteiger partial charge on any atom is 0.378 e. The van der Waals surface area contributed by atoms with Gasteiger partial charge in [0.05, 0.1) is 15.0 Å². The van der Waals surface area contributed by atoms with Crippen LogP contribution in [0, 0.1) is 10.1 Å². The van der Waals surface area contributed by atoms with Crippen molar-refractivity contribution in [3.8, 4) is 5.75 Å². The van der Waals surface area contributed by atoms with E-state index < -0.39 is 28.7 Å². The number of carboxylic acids is 1. The third-order valence-corrected chi connectivity index (χ3v) is 2.35. The highest BCUT2D eigenvalue weighted by atomic mass is 35.5. The Morgan fingerprint density at radius 3 is 2.47 bits per heavy atom. The van der Waals surface area contributed by atoms with Gasteiger partial charge in [0.15, 0.2) is 0 Å². The Bertz CT molecular complexity index is 481. The van der Waals surface area contributed by atoms with Gasteiger partial charge < -0.3 is 9.84 Å². The molecule has 1 aromatic carbocycles. The van der Waals surface area contributed by atoms with Gasteiger partial charge in [0.1, 0.15) is 0 Å². The molecule has 1 aromatic rings. The van der Waals surface area contributed by atoms with Gasteiger partial charge in [0.2, 0.25) is 5.75 Å². The van der Waals surface area contributed by atoms with E-state index in [0.717, 1.165) is 12.1 Å². The monoisotopic (exact) mass is 283 g/mol. The van der Waals surface area contributed by atoms with Crippen molar-refractivity contribution in [2.24, 2.45) is 0 Å². The average Bonchev–Trinajstić information content (AvgIpc) is 2.22. The SMILES string of the molecule is O=C(O)C(F)Oc1cc(Cl)c(Cl)cc1[N+](=O)[O-]. The van der Waals surface area contributed by atoms with Crippen molar-refractivity contribution in [1.82, 2.24) is 0 Å². The lowest BCUT2D eigenvalue weighted by molar-refractivity contribution is -0.386. The average molecular weight is 284 g/mol. The van der Waals surface area contributed by atoms with Crippen LogP contribution in [-0.4, -0.2) is 22.4 Å². The first-order valence-electron chi connectivity index (χ1n) is 4.00. The highest BCUT2D eigenvalue weighted by molar-refractivity contribution is 6.42. The lowest BCUT2D eigenvalue weighted by Crippen LogP contribution is -2.21. The van der Waals surface area contributed by atoms with Crippen LogP contribution in [0.2, 0.25) is 10.0 Å². The minimum atomic E-state index is -2.73. The molecule has 17 heavy (non-hydrogen) atoms. The van der Waals surface area contributed by atoms with Crippen molar-refractivity contribution in [1.29, 1.82) is 0 Å². The number of nitro groups is 1. The molecule has 1 rings (SSSR count). The second kappa shape index (κ2) is 5.15. The maximum absolute atomic E-state index is 12.8. The van der Waals surface area contributed by atoms with Crippen LogP contribution in [-0.2, 0) is 4.79 Å². The van der Waals surface area contributed by atoms with Crippen molar-refractivity contribution < 1.29 is 24.0 Å². The molecule has 0 aliphatic carbocycles. The third kappa shape index (κ3) is 3.18. The Morgan fingerprint density at radius 2 is 2.00 bits per heavy atom. The summed E-state index contributed by atoms with van der Waals surface area (Å²) in [6.07, 6.45) is -2.73. The van der Waals surface area contributed by atoms with Crippen LogP contribution in [0.15, 0.2) is 12.1 Å². The summed E-state index contributed by atoms with van der Waals surface area (Å²) in [4.78, 5) is 19.9. The smallest absolute Gasteiger partial charge is 0.378 e. The van der Waals surface area contributed by atoms with Crippen LogP contribution < -0.4 is 4.74 Å². The van der Waals surface area contributed by atoms with E-state index in [1.54, 1.807) is 0 Å². The van der Waals surface area contributed by atoms with Gasteiger partial charge >= 0.3 is 18.0 Å². The maximum atomic E-state index is 12.8. The Kier molecular flexibility index (Phi) is 4.08. The number of carbonyl (C=O) groups is 1. The number of aliphatic carboxylic acids is 1. The summed E-state index contributed by atoms with van der Waals surface area (Å²) in [5.41, 5.74) is -0.677. The number of nitro benzene ring substituents is 1. The molecular weight excluding hydrogens is 280 g/mol. The van der Waals surface area contributed by atoms with E-state index in [-0.39, 0.29) is 10.0 Å². The Labute approximate surface area is 104 Å². The van der Waals surface area contributed by atoms with Gasteiger partial charge in [-0.1, -0.05) is 23.2 Å². The van der Waals surface area contributed by atoms with Crippen LogP contribution in [0.3, 0.4) is 0 Å². The number of alkyl halides is 1. The van der Waals surface area contributed by atoms with E-state index in [2.05, 4.69) is 4.74 Å². The molecule has 0 spiro atoms. The molecule has 0 fully saturated rings. The minimum absolute atomic E-state index is 0.121. The molecule has 0 heterocycles. The number of rotatable bonds is 4. The summed E-state index contributed by atoms with van der Waals surface area (Å²) in [6.45, 7) is 0. The number of halogens is 3. The normalized spacial score (nSPS) is 11.9. The summed E-state index contributed by atoms with van der Waals surface area (Å²) in [5, 5.41) is 18.6. The molecule has 9 heteroatoms. The van der Waals surface area contributed by atoms with Crippen molar-refractivity contribution in [2.75, 3.05) is 0 Å². The third-order valence-electron chi connectivity index (χ3n) is 1.62. The van der Waals surface area contributed by atoms with E-state index in [0.29, 0.717) is 0 Å². The van der Waals surface area contributed by atoms with Gasteiger partial charge in [-0.3, -0.25) is 10.1 Å². The lowest BCUT2D eigenvalue weighted by Gasteiger charge is -2.08. The van der Waals surface area contributed by atoms with Gasteiger partial charge in [-0.05, 0) is 0 Å². The summed E-state index contributed by atoms with van der Waals surface area (Å²) in [6, 6.07) is 1.71. The predicted molar refractivity (Wildman–Crippen MR) is 56.3 cm³/mol. The molecule has 0 saturated carbocycles. The van der Waals surface area contributed by atoms with Gasteiger partial charge in [0.25, 0.3) is 0 Å². The van der Waals surface area contributed by atoms with E-state index >= 15 is 0 Å². The zero-order valence-corrected chi connectivity index (χ0v) is 9.41. The number of nitrogens with zero attached hydrogens (tertiary/aromatic N) is 1. The zero-order chi connectivity index (χ0) is 13.2. The molecule has 0 amide bonds. The second-order valence-electron chi connectivity index (χ2n) is 2.76. The number of carboxylic acid groups (broad SMARTS) is 1. The second-order valence-corrected chi connectivity index (χ2v) is 3.58. The van der Waals surface area contributed by atoms with Crippen molar-refractivity contribution in [3.63, 3.8) is 0 Å². The van der Waals surface area contributed by atoms with E-state index in [1.807, 2.05) is 0 Å². The van der Waals surface area contributed by atoms with Gasteiger partial charge in [0, 0.05) is 12.1 Å². The first-order chi connectivity index (χ1) is 7.82. The van der Waals surface area contributed by atoms with Gasteiger partial charge in [-0.25, -0.2) is 4.79 Å². The fourth-order valence-corrected chi connectivity index (χ4v) is 1.23. The standard InChI is InChI=1S/C8H4Cl2FNO5/c9-3-1-5(12(15)16)6(2-4(3)10)17-7(11)8(13)14/h1-2,7H,(H,13,14). The molecule has 1 unspecified atom stereocenters. The van der Waals surface area contributed by atoms with Crippen molar-refractivity contribution in [3.05, 3.63) is 32.3 Å². The van der Waals surface area contributed by atoms with Gasteiger partial charge in [-0.2, -0.15) is 4.39 Å². The molecule has 6 nitrogen and oxygen atoms in total. The van der Waals surface area contributed by atoms with E-state index in [4.69, 9.17) is 28.3 Å². The van der Waals surface area contributed by atoms with Crippen LogP contribution in [0.1, 0.15) is 0 Å². The first-order valence-corrected chi connectivity index (χ1v) is 4.75. The quantitative estimate of drug-likeness (QED) is 0.678. The van der Waals surface area contributed by atoms with E-state index in [9.17, 15) is 19.3 Å². The summed E-state index contributed by atoms with van der Waals surface area (Å²) in [7, 11) is 0. The summed E-state index contributed by atoms with van der Waals surface area (Å²) >= 11 is 11.1. The van der Waals surface area contributed by atoms with Crippen molar-refractivity contribution in [2.45, 2.75) is 6.36 Å². The predicted octanol–water partition coefficient (Wildman–Crippen LogP) is 2.66. The number of benzene rings is 1. The van der Waals surface area contributed by atoms with E-state index in [1.165, 1.54) is 0 Å². The molecule has 92 valence electrons. The summed E-state index contributed by atoms with van der Waals surface area (Å²) < 4.78 is 17.0. The van der Waals surface area contributed by atoms with Crippen LogP contribution in [0.5, 0.6) is 5.75 Å². The van der Waals surface area contributed by atoms with Crippen LogP contribution in [0.25, 0.3) is 0 Å². The van der Waals surface area contributed by atoms with Crippen LogP contribution in [0.4, 0.5) is 10.1 Å². The number of hydrogen-bond donors (Lipinski definition) is 1. The molecule has 1 N–H and O–H groups in total. The first kappa shape index (κ1) is 13.5. The fourth-order valence-electron chi connectivity index (χ4n) is 0.917. The number of ether oxygens (including phenoxy) is 1. The molecular formula is C8H4Cl2FNO5. The Hall–Kier alpha value is -1.60. The molecule has 0 aromatic heterocycles. The molecule has 1 atom stereocenters. The highest BCUT2D eigenvalue weighted by Gasteiger charge is 2.24. The topological polar surface area (TPSA) is 89.7 Å². The summed E-state index contributed by atoms with van der Waals surface area (Å²) in [5.74, 6) is -2.52. The fraction of sp³-hybridized carbons (Fsp3) is 0.125. The molecule has 0 radical (unpaired) electrons. The largest absolute Gasteiger partial charge is 0.476 e. The number of hydrogen-bond acceptors (Lipinski definition) is 4. The molecule has 0 saturated heterocycles. The molecule has 0 aliphatic rings. The van der Waals surface area contributed by atoms with Gasteiger partial charge in [-0.15, -0.1) is 0 Å². The molecule has 0 bridgehead atoms. The minimum Gasteiger partial charge on any atom is -0.476 e. The highest BCUT2D eigenvalue weighted by Crippen LogP contribution is 2.36. The van der Waals surface area contributed by atoms with Crippen molar-refractivity contribution >= 4 is 34.9 Å².